The van der Waals surface area contributed by atoms with Crippen LogP contribution in [0.1, 0.15) is 52.6 Å². The molecule has 0 heterocycles. The van der Waals surface area contributed by atoms with Crippen molar-refractivity contribution < 1.29 is 22.7 Å². The fourth-order valence-corrected chi connectivity index (χ4v) is 4.09. The minimum Gasteiger partial charge on any atom is -0.489 e. The van der Waals surface area contributed by atoms with E-state index in [0.29, 0.717) is 12.2 Å². The van der Waals surface area contributed by atoms with E-state index in [1.54, 1.807) is 30.3 Å². The molecule has 3 aromatic rings. The predicted octanol–water partition coefficient (Wildman–Crippen LogP) is 4.04. The summed E-state index contributed by atoms with van der Waals surface area (Å²) in [5.41, 5.74) is 7.02. The Morgan fingerprint density at radius 1 is 0.824 bits per heavy atom. The van der Waals surface area contributed by atoms with Crippen molar-refractivity contribution in [3.8, 4) is 5.75 Å². The molecule has 0 saturated heterocycles. The van der Waals surface area contributed by atoms with Crippen molar-refractivity contribution >= 4 is 21.7 Å². The van der Waals surface area contributed by atoms with E-state index in [0.717, 1.165) is 17.6 Å². The summed E-state index contributed by atoms with van der Waals surface area (Å²) in [4.78, 5) is 24.7. The molecule has 2 N–H and O–H groups in total. The lowest BCUT2D eigenvalue weighted by molar-refractivity contribution is 0.0845. The normalized spacial score (nSPS) is 11.5. The Bertz CT molecular complexity index is 1280. The number of hydrogen-bond donors (Lipinski definition) is 2. The zero-order valence-electron chi connectivity index (χ0n) is 19.6. The molecule has 2 amide bonds. The fourth-order valence-electron chi connectivity index (χ4n) is 3.20. The Labute approximate surface area is 200 Å². The molecule has 0 fully saturated rings. The Morgan fingerprint density at radius 2 is 1.41 bits per heavy atom. The van der Waals surface area contributed by atoms with Crippen LogP contribution in [0.25, 0.3) is 0 Å². The van der Waals surface area contributed by atoms with Gasteiger partial charge in [0.2, 0.25) is 0 Å². The van der Waals surface area contributed by atoms with Crippen LogP contribution in [0.2, 0.25) is 0 Å². The maximum Gasteiger partial charge on any atom is 0.271 e. The minimum absolute atomic E-state index is 0.0478. The molecule has 0 atom stereocenters. The molecule has 8 heteroatoms. The minimum atomic E-state index is -3.59. The SMILES string of the molecule is CC(C)(C)c1ccc(OCc2ccc(C(=O)NNC(=O)c3ccccc3S(C)(=O)=O)cc2)cc1. The summed E-state index contributed by atoms with van der Waals surface area (Å²) in [5, 5.41) is 0. The van der Waals surface area contributed by atoms with E-state index in [-0.39, 0.29) is 15.9 Å². The number of rotatable bonds is 6. The molecular weight excluding hydrogens is 452 g/mol. The van der Waals surface area contributed by atoms with Gasteiger partial charge in [0.25, 0.3) is 11.8 Å². The smallest absolute Gasteiger partial charge is 0.271 e. The van der Waals surface area contributed by atoms with Gasteiger partial charge in [0.15, 0.2) is 9.84 Å². The number of benzene rings is 3. The third-order valence-corrected chi connectivity index (χ3v) is 6.32. The first-order chi connectivity index (χ1) is 15.9. The average molecular weight is 481 g/mol. The Morgan fingerprint density at radius 3 is 2.00 bits per heavy atom. The molecule has 3 aromatic carbocycles. The van der Waals surface area contributed by atoms with Crippen molar-refractivity contribution in [2.24, 2.45) is 0 Å². The molecule has 0 aromatic heterocycles. The zero-order chi connectivity index (χ0) is 24.9. The molecule has 178 valence electrons. The van der Waals surface area contributed by atoms with Crippen LogP contribution in [0, 0.1) is 0 Å². The highest BCUT2D eigenvalue weighted by atomic mass is 32.2. The number of ether oxygens (including phenoxy) is 1. The summed E-state index contributed by atoms with van der Waals surface area (Å²) in [6, 6.07) is 20.5. The number of amides is 2. The van der Waals surface area contributed by atoms with Gasteiger partial charge in [-0.15, -0.1) is 0 Å². The highest BCUT2D eigenvalue weighted by Crippen LogP contribution is 2.24. The van der Waals surface area contributed by atoms with Crippen molar-refractivity contribution in [2.75, 3.05) is 6.26 Å². The molecule has 0 aliphatic heterocycles. The first-order valence-corrected chi connectivity index (χ1v) is 12.6. The standard InChI is InChI=1S/C26H28N2O5S/c1-26(2,3)20-13-15-21(16-14-20)33-17-18-9-11-19(12-10-18)24(29)27-28-25(30)22-7-5-6-8-23(22)34(4,31)32/h5-16H,17H2,1-4H3,(H,27,29)(H,28,30). The number of nitrogens with one attached hydrogen (secondary N) is 2. The third-order valence-electron chi connectivity index (χ3n) is 5.16. The van der Waals surface area contributed by atoms with Gasteiger partial charge >= 0.3 is 0 Å². The van der Waals surface area contributed by atoms with Crippen molar-refractivity contribution in [1.82, 2.24) is 10.9 Å². The van der Waals surface area contributed by atoms with Gasteiger partial charge in [-0.3, -0.25) is 20.4 Å². The molecule has 0 saturated carbocycles. The predicted molar refractivity (Wildman–Crippen MR) is 130 cm³/mol. The fraction of sp³-hybridized carbons (Fsp3) is 0.231. The summed E-state index contributed by atoms with van der Waals surface area (Å²) in [5.74, 6) is -0.501. The number of hydrogen-bond acceptors (Lipinski definition) is 5. The maximum atomic E-state index is 12.4. The first kappa shape index (κ1) is 25.0. The van der Waals surface area contributed by atoms with Gasteiger partial charge in [-0.1, -0.05) is 57.2 Å². The quantitative estimate of drug-likeness (QED) is 0.519. The summed E-state index contributed by atoms with van der Waals surface area (Å²) in [7, 11) is -3.59. The highest BCUT2D eigenvalue weighted by molar-refractivity contribution is 7.90. The molecule has 0 radical (unpaired) electrons. The molecular formula is C26H28N2O5S. The van der Waals surface area contributed by atoms with Crippen LogP contribution in [0.4, 0.5) is 0 Å². The Balaban J connectivity index is 1.56. The van der Waals surface area contributed by atoms with Crippen LogP contribution in [0.3, 0.4) is 0 Å². The monoisotopic (exact) mass is 480 g/mol. The summed E-state index contributed by atoms with van der Waals surface area (Å²) in [6.07, 6.45) is 1.02. The number of hydrazine groups is 1. The summed E-state index contributed by atoms with van der Waals surface area (Å²) in [6.45, 7) is 6.80. The van der Waals surface area contributed by atoms with Gasteiger partial charge in [-0.25, -0.2) is 8.42 Å². The lowest BCUT2D eigenvalue weighted by Gasteiger charge is -2.19. The van der Waals surface area contributed by atoms with E-state index in [1.165, 1.54) is 23.8 Å². The maximum absolute atomic E-state index is 12.4. The zero-order valence-corrected chi connectivity index (χ0v) is 20.4. The van der Waals surface area contributed by atoms with Gasteiger partial charge in [-0.05, 0) is 52.9 Å². The molecule has 3 rings (SSSR count). The molecule has 0 aliphatic rings. The van der Waals surface area contributed by atoms with Crippen LogP contribution in [-0.2, 0) is 21.9 Å². The summed E-state index contributed by atoms with van der Waals surface area (Å²) < 4.78 is 29.6. The average Bonchev–Trinajstić information content (AvgIpc) is 2.80. The van der Waals surface area contributed by atoms with Crippen LogP contribution in [0.15, 0.2) is 77.7 Å². The Kier molecular flexibility index (Phi) is 7.41. The van der Waals surface area contributed by atoms with E-state index < -0.39 is 21.7 Å². The number of carbonyl (C=O) groups excluding carboxylic acids is 2. The van der Waals surface area contributed by atoms with Gasteiger partial charge in [-0.2, -0.15) is 0 Å². The lowest BCUT2D eigenvalue weighted by Crippen LogP contribution is -2.42. The van der Waals surface area contributed by atoms with Crippen molar-refractivity contribution in [3.05, 3.63) is 95.1 Å². The second-order valence-electron chi connectivity index (χ2n) is 8.94. The summed E-state index contributed by atoms with van der Waals surface area (Å²) >= 11 is 0. The third kappa shape index (κ3) is 6.45. The molecule has 7 nitrogen and oxygen atoms in total. The molecule has 0 aliphatic carbocycles. The van der Waals surface area contributed by atoms with Gasteiger partial charge in [0, 0.05) is 11.8 Å². The van der Waals surface area contributed by atoms with Crippen LogP contribution < -0.4 is 15.6 Å². The topological polar surface area (TPSA) is 102 Å². The van der Waals surface area contributed by atoms with E-state index in [9.17, 15) is 18.0 Å². The van der Waals surface area contributed by atoms with Crippen molar-refractivity contribution in [2.45, 2.75) is 37.7 Å². The van der Waals surface area contributed by atoms with Gasteiger partial charge in [0.1, 0.15) is 12.4 Å². The molecule has 0 spiro atoms. The van der Waals surface area contributed by atoms with Crippen LogP contribution in [0.5, 0.6) is 5.75 Å². The Hall–Kier alpha value is -3.65. The molecule has 34 heavy (non-hydrogen) atoms. The number of carbonyl (C=O) groups is 2. The molecule has 0 unspecified atom stereocenters. The van der Waals surface area contributed by atoms with Crippen molar-refractivity contribution in [3.63, 3.8) is 0 Å². The first-order valence-electron chi connectivity index (χ1n) is 10.7. The second-order valence-corrected chi connectivity index (χ2v) is 10.9. The molecule has 0 bridgehead atoms. The van der Waals surface area contributed by atoms with E-state index in [2.05, 4.69) is 31.6 Å². The van der Waals surface area contributed by atoms with E-state index in [4.69, 9.17) is 4.74 Å². The van der Waals surface area contributed by atoms with Crippen LogP contribution in [-0.4, -0.2) is 26.5 Å². The van der Waals surface area contributed by atoms with Gasteiger partial charge in [0.05, 0.1) is 10.5 Å². The second kappa shape index (κ2) is 10.1. The lowest BCUT2D eigenvalue weighted by atomic mass is 9.87. The number of sulfone groups is 1. The van der Waals surface area contributed by atoms with E-state index >= 15 is 0 Å². The van der Waals surface area contributed by atoms with Crippen LogP contribution >= 0.6 is 0 Å². The largest absolute Gasteiger partial charge is 0.489 e. The van der Waals surface area contributed by atoms with E-state index in [1.807, 2.05) is 24.3 Å². The van der Waals surface area contributed by atoms with Crippen molar-refractivity contribution in [1.29, 1.82) is 0 Å². The highest BCUT2D eigenvalue weighted by Gasteiger charge is 2.18. The van der Waals surface area contributed by atoms with Gasteiger partial charge < -0.3 is 4.74 Å².